The molecular weight excluding hydrogens is 260 g/mol. The minimum atomic E-state index is 0.860. The molecule has 3 rings (SSSR count). The Labute approximate surface area is 125 Å². The van der Waals surface area contributed by atoms with E-state index in [-0.39, 0.29) is 0 Å². The molecule has 4 nitrogen and oxygen atoms in total. The van der Waals surface area contributed by atoms with E-state index in [2.05, 4.69) is 70.0 Å². The summed E-state index contributed by atoms with van der Waals surface area (Å²) >= 11 is 0. The molecule has 21 heavy (non-hydrogen) atoms. The van der Waals surface area contributed by atoms with Crippen LogP contribution in [0.4, 0.5) is 0 Å². The molecular formula is C17H22N4. The Balaban J connectivity index is 2.04. The first-order valence-electron chi connectivity index (χ1n) is 7.47. The summed E-state index contributed by atoms with van der Waals surface area (Å²) in [5.74, 6) is 0. The van der Waals surface area contributed by atoms with Crippen LogP contribution in [-0.2, 0) is 19.6 Å². The molecule has 0 radical (unpaired) electrons. The number of nitrogens with one attached hydrogen (secondary N) is 1. The van der Waals surface area contributed by atoms with Crippen molar-refractivity contribution >= 4 is 10.9 Å². The Kier molecular flexibility index (Phi) is 3.80. The highest BCUT2D eigenvalue weighted by Gasteiger charge is 2.10. The summed E-state index contributed by atoms with van der Waals surface area (Å²) in [7, 11) is 1.99. The van der Waals surface area contributed by atoms with E-state index in [0.29, 0.717) is 0 Å². The van der Waals surface area contributed by atoms with Crippen molar-refractivity contribution in [2.45, 2.75) is 33.5 Å². The van der Waals surface area contributed by atoms with Gasteiger partial charge in [-0.2, -0.15) is 5.10 Å². The first-order chi connectivity index (χ1) is 10.2. The van der Waals surface area contributed by atoms with Gasteiger partial charge in [-0.25, -0.2) is 0 Å². The maximum Gasteiger partial charge on any atom is 0.0645 e. The number of hydrogen-bond donors (Lipinski definition) is 1. The van der Waals surface area contributed by atoms with Gasteiger partial charge in [0.1, 0.15) is 0 Å². The molecule has 0 aliphatic heterocycles. The largest absolute Gasteiger partial charge is 0.341 e. The van der Waals surface area contributed by atoms with Gasteiger partial charge in [0.15, 0.2) is 0 Å². The van der Waals surface area contributed by atoms with E-state index in [0.717, 1.165) is 25.3 Å². The van der Waals surface area contributed by atoms with E-state index in [9.17, 15) is 0 Å². The van der Waals surface area contributed by atoms with Crippen molar-refractivity contribution in [3.63, 3.8) is 0 Å². The van der Waals surface area contributed by atoms with E-state index in [1.807, 2.05) is 7.05 Å². The molecule has 2 aromatic heterocycles. The van der Waals surface area contributed by atoms with Gasteiger partial charge in [0.25, 0.3) is 0 Å². The lowest BCUT2D eigenvalue weighted by molar-refractivity contribution is 0.601. The van der Waals surface area contributed by atoms with Gasteiger partial charge in [-0.05, 0) is 38.6 Å². The number of benzene rings is 1. The van der Waals surface area contributed by atoms with E-state index in [4.69, 9.17) is 0 Å². The van der Waals surface area contributed by atoms with Gasteiger partial charge in [-0.15, -0.1) is 0 Å². The molecule has 0 saturated carbocycles. The van der Waals surface area contributed by atoms with E-state index < -0.39 is 0 Å². The van der Waals surface area contributed by atoms with Crippen LogP contribution >= 0.6 is 0 Å². The van der Waals surface area contributed by atoms with Crippen molar-refractivity contribution in [2.24, 2.45) is 0 Å². The Morgan fingerprint density at radius 3 is 2.81 bits per heavy atom. The van der Waals surface area contributed by atoms with Crippen LogP contribution in [0.15, 0.2) is 36.5 Å². The average molecular weight is 282 g/mol. The summed E-state index contributed by atoms with van der Waals surface area (Å²) in [4.78, 5) is 0. The predicted molar refractivity (Wildman–Crippen MR) is 86.4 cm³/mol. The molecule has 4 heteroatoms. The molecule has 1 aromatic carbocycles. The molecule has 0 unspecified atom stereocenters. The Bertz CT molecular complexity index is 751. The maximum absolute atomic E-state index is 4.54. The van der Waals surface area contributed by atoms with Gasteiger partial charge in [-0.1, -0.05) is 18.2 Å². The Morgan fingerprint density at radius 1 is 1.24 bits per heavy atom. The number of fused-ring (bicyclic) bond motifs is 1. The molecule has 110 valence electrons. The Hall–Kier alpha value is -2.07. The number of aryl methyl sites for hydroxylation is 2. The van der Waals surface area contributed by atoms with Gasteiger partial charge < -0.3 is 9.88 Å². The molecule has 0 spiro atoms. The first-order valence-corrected chi connectivity index (χ1v) is 7.47. The molecule has 0 atom stereocenters. The fourth-order valence-electron chi connectivity index (χ4n) is 2.96. The minimum absolute atomic E-state index is 0.860. The third-order valence-electron chi connectivity index (χ3n) is 3.86. The molecule has 0 fully saturated rings. The standard InChI is InChI=1S/C17H22N4/c1-4-21-15(9-13(2)19-21)12-20-11-14(10-18-3)16-7-5-6-8-17(16)20/h5-9,11,18H,4,10,12H2,1-3H3. The second-order valence-electron chi connectivity index (χ2n) is 5.42. The van der Waals surface area contributed by atoms with Crippen molar-refractivity contribution < 1.29 is 0 Å². The third-order valence-corrected chi connectivity index (χ3v) is 3.86. The summed E-state index contributed by atoms with van der Waals surface area (Å²) in [6.45, 7) is 6.84. The first kappa shape index (κ1) is 13.9. The lowest BCUT2D eigenvalue weighted by Gasteiger charge is -2.07. The molecule has 0 bridgehead atoms. The predicted octanol–water partition coefficient (Wildman–Crippen LogP) is 2.93. The van der Waals surface area contributed by atoms with Crippen LogP contribution in [0, 0.1) is 6.92 Å². The molecule has 0 saturated heterocycles. The molecule has 3 aromatic rings. The van der Waals surface area contributed by atoms with Gasteiger partial charge in [0.05, 0.1) is 17.9 Å². The average Bonchev–Trinajstić information content (AvgIpc) is 3.01. The summed E-state index contributed by atoms with van der Waals surface area (Å²) in [5.41, 5.74) is 4.96. The van der Waals surface area contributed by atoms with Crippen LogP contribution < -0.4 is 5.32 Å². The van der Waals surface area contributed by atoms with Crippen LogP contribution in [-0.4, -0.2) is 21.4 Å². The van der Waals surface area contributed by atoms with Gasteiger partial charge in [0, 0.05) is 30.2 Å². The van der Waals surface area contributed by atoms with Gasteiger partial charge >= 0.3 is 0 Å². The SMILES string of the molecule is CCn1nc(C)cc1Cn1cc(CNC)c2ccccc21. The van der Waals surface area contributed by atoms with Gasteiger partial charge in [-0.3, -0.25) is 4.68 Å². The van der Waals surface area contributed by atoms with E-state index in [1.165, 1.54) is 22.2 Å². The summed E-state index contributed by atoms with van der Waals surface area (Å²) in [5, 5.41) is 9.11. The zero-order chi connectivity index (χ0) is 14.8. The second-order valence-corrected chi connectivity index (χ2v) is 5.42. The van der Waals surface area contributed by atoms with Crippen molar-refractivity contribution in [2.75, 3.05) is 7.05 Å². The zero-order valence-electron chi connectivity index (χ0n) is 12.9. The third kappa shape index (κ3) is 2.59. The second kappa shape index (κ2) is 5.74. The van der Waals surface area contributed by atoms with Crippen molar-refractivity contribution in [1.29, 1.82) is 0 Å². The van der Waals surface area contributed by atoms with E-state index in [1.54, 1.807) is 0 Å². The van der Waals surface area contributed by atoms with Gasteiger partial charge in [0.2, 0.25) is 0 Å². The molecule has 2 heterocycles. The fourth-order valence-corrected chi connectivity index (χ4v) is 2.96. The van der Waals surface area contributed by atoms with Crippen molar-refractivity contribution in [1.82, 2.24) is 19.7 Å². The van der Waals surface area contributed by atoms with Crippen LogP contribution in [0.3, 0.4) is 0 Å². The van der Waals surface area contributed by atoms with Crippen LogP contribution in [0.5, 0.6) is 0 Å². The number of hydrogen-bond acceptors (Lipinski definition) is 2. The quantitative estimate of drug-likeness (QED) is 0.781. The van der Waals surface area contributed by atoms with Crippen molar-refractivity contribution in [3.8, 4) is 0 Å². The number of rotatable bonds is 5. The minimum Gasteiger partial charge on any atom is -0.341 e. The molecule has 1 N–H and O–H groups in total. The Morgan fingerprint density at radius 2 is 2.05 bits per heavy atom. The highest BCUT2D eigenvalue weighted by atomic mass is 15.3. The van der Waals surface area contributed by atoms with Crippen LogP contribution in [0.1, 0.15) is 23.9 Å². The zero-order valence-corrected chi connectivity index (χ0v) is 12.9. The lowest BCUT2D eigenvalue weighted by atomic mass is 10.2. The number of para-hydroxylation sites is 1. The number of aromatic nitrogens is 3. The fraction of sp³-hybridized carbons (Fsp3) is 0.353. The molecule has 0 amide bonds. The monoisotopic (exact) mass is 282 g/mol. The van der Waals surface area contributed by atoms with Crippen LogP contribution in [0.25, 0.3) is 10.9 Å². The van der Waals surface area contributed by atoms with E-state index >= 15 is 0 Å². The smallest absolute Gasteiger partial charge is 0.0645 e. The van der Waals surface area contributed by atoms with Crippen LogP contribution in [0.2, 0.25) is 0 Å². The normalized spacial score (nSPS) is 11.4. The summed E-state index contributed by atoms with van der Waals surface area (Å²) in [6, 6.07) is 10.8. The maximum atomic E-state index is 4.54. The highest BCUT2D eigenvalue weighted by molar-refractivity contribution is 5.84. The lowest BCUT2D eigenvalue weighted by Crippen LogP contribution is -2.07. The van der Waals surface area contributed by atoms with Crippen molar-refractivity contribution in [3.05, 3.63) is 53.5 Å². The molecule has 0 aliphatic carbocycles. The summed E-state index contributed by atoms with van der Waals surface area (Å²) in [6.07, 6.45) is 2.25. The topological polar surface area (TPSA) is 34.8 Å². The highest BCUT2D eigenvalue weighted by Crippen LogP contribution is 2.22. The summed E-state index contributed by atoms with van der Waals surface area (Å²) < 4.78 is 4.41. The number of nitrogens with zero attached hydrogens (tertiary/aromatic N) is 3. The molecule has 0 aliphatic rings.